The molecule has 9 heteroatoms. The standard InChI is InChI=1S/C26H26ClN3O4S/c1-18-6-3-4-7-23(18)30(35(33,34)22-13-10-20(27)11-14-22)17-25(31)28-21-12-9-19(2)24(16-21)29-15-5-8-26(29)32/h3-4,6-7,9-14,16H,5,8,15,17H2,1-2H3,(H,28,31). The van der Waals surface area contributed by atoms with E-state index in [-0.39, 0.29) is 10.8 Å². The molecule has 1 aliphatic heterocycles. The van der Waals surface area contributed by atoms with Crippen molar-refractivity contribution in [3.8, 4) is 0 Å². The fourth-order valence-electron chi connectivity index (χ4n) is 4.09. The van der Waals surface area contributed by atoms with Crippen LogP contribution in [0.1, 0.15) is 24.0 Å². The molecule has 1 N–H and O–H groups in total. The zero-order valence-electron chi connectivity index (χ0n) is 19.5. The fourth-order valence-corrected chi connectivity index (χ4v) is 5.70. The van der Waals surface area contributed by atoms with Crippen molar-refractivity contribution in [3.63, 3.8) is 0 Å². The molecule has 0 bridgehead atoms. The second-order valence-corrected chi connectivity index (χ2v) is 10.7. The minimum Gasteiger partial charge on any atom is -0.324 e. The molecule has 2 amide bonds. The van der Waals surface area contributed by atoms with Gasteiger partial charge in [0.2, 0.25) is 11.8 Å². The molecule has 4 rings (SSSR count). The number of sulfonamides is 1. The SMILES string of the molecule is Cc1ccc(NC(=O)CN(c2ccccc2C)S(=O)(=O)c2ccc(Cl)cc2)cc1N1CCCC1=O. The van der Waals surface area contributed by atoms with Gasteiger partial charge in [-0.2, -0.15) is 0 Å². The van der Waals surface area contributed by atoms with Crippen LogP contribution in [-0.4, -0.2) is 33.3 Å². The molecule has 3 aromatic carbocycles. The third-order valence-electron chi connectivity index (χ3n) is 5.93. The van der Waals surface area contributed by atoms with Gasteiger partial charge >= 0.3 is 0 Å². The van der Waals surface area contributed by atoms with Crippen LogP contribution in [0, 0.1) is 13.8 Å². The highest BCUT2D eigenvalue weighted by Crippen LogP contribution is 2.30. The van der Waals surface area contributed by atoms with Gasteiger partial charge in [-0.3, -0.25) is 13.9 Å². The van der Waals surface area contributed by atoms with E-state index >= 15 is 0 Å². The van der Waals surface area contributed by atoms with Crippen LogP contribution in [0.3, 0.4) is 0 Å². The molecule has 0 atom stereocenters. The number of halogens is 1. The van der Waals surface area contributed by atoms with E-state index in [0.29, 0.717) is 34.9 Å². The lowest BCUT2D eigenvalue weighted by Gasteiger charge is -2.26. The first-order valence-corrected chi connectivity index (χ1v) is 13.0. The van der Waals surface area contributed by atoms with Gasteiger partial charge in [-0.15, -0.1) is 0 Å². The zero-order valence-corrected chi connectivity index (χ0v) is 21.1. The number of benzene rings is 3. The number of nitrogens with one attached hydrogen (secondary N) is 1. The van der Waals surface area contributed by atoms with Crippen LogP contribution in [0.25, 0.3) is 0 Å². The summed E-state index contributed by atoms with van der Waals surface area (Å²) in [6, 6.07) is 18.1. The maximum Gasteiger partial charge on any atom is 0.264 e. The van der Waals surface area contributed by atoms with Gasteiger partial charge < -0.3 is 10.2 Å². The van der Waals surface area contributed by atoms with Gasteiger partial charge in [0.15, 0.2) is 0 Å². The molecule has 0 radical (unpaired) electrons. The Morgan fingerprint density at radius 2 is 1.74 bits per heavy atom. The van der Waals surface area contributed by atoms with E-state index in [2.05, 4.69) is 5.32 Å². The molecule has 1 heterocycles. The van der Waals surface area contributed by atoms with Crippen LogP contribution in [0.2, 0.25) is 5.02 Å². The number of aryl methyl sites for hydroxylation is 2. The van der Waals surface area contributed by atoms with E-state index in [0.717, 1.165) is 22.0 Å². The van der Waals surface area contributed by atoms with Crippen LogP contribution >= 0.6 is 11.6 Å². The molecule has 0 aliphatic carbocycles. The Bertz CT molecular complexity index is 1370. The molecule has 3 aromatic rings. The van der Waals surface area contributed by atoms with Crippen molar-refractivity contribution < 1.29 is 18.0 Å². The van der Waals surface area contributed by atoms with Gasteiger partial charge in [0.25, 0.3) is 10.0 Å². The number of anilines is 3. The lowest BCUT2D eigenvalue weighted by Crippen LogP contribution is -2.38. The topological polar surface area (TPSA) is 86.8 Å². The van der Waals surface area contributed by atoms with Crippen LogP contribution < -0.4 is 14.5 Å². The predicted octanol–water partition coefficient (Wildman–Crippen LogP) is 4.92. The maximum absolute atomic E-state index is 13.6. The van der Waals surface area contributed by atoms with Gasteiger partial charge in [-0.1, -0.05) is 35.9 Å². The molecular formula is C26H26ClN3O4S. The van der Waals surface area contributed by atoms with Gasteiger partial charge in [0.05, 0.1) is 10.6 Å². The summed E-state index contributed by atoms with van der Waals surface area (Å²) in [5.74, 6) is -0.454. The first-order chi connectivity index (χ1) is 16.7. The number of rotatable bonds is 7. The highest BCUT2D eigenvalue weighted by molar-refractivity contribution is 7.92. The Hall–Kier alpha value is -3.36. The summed E-state index contributed by atoms with van der Waals surface area (Å²) in [5, 5.41) is 3.21. The number of amides is 2. The highest BCUT2D eigenvalue weighted by atomic mass is 35.5. The first-order valence-electron chi connectivity index (χ1n) is 11.2. The Kier molecular flexibility index (Phi) is 7.14. The van der Waals surface area contributed by atoms with E-state index in [1.54, 1.807) is 48.2 Å². The van der Waals surface area contributed by atoms with Gasteiger partial charge in [0.1, 0.15) is 6.54 Å². The number of hydrogen-bond donors (Lipinski definition) is 1. The molecule has 35 heavy (non-hydrogen) atoms. The number of hydrogen-bond acceptors (Lipinski definition) is 4. The number of carbonyl (C=O) groups is 2. The van der Waals surface area contributed by atoms with Crippen LogP contribution in [-0.2, 0) is 19.6 Å². The van der Waals surface area contributed by atoms with Crippen molar-refractivity contribution in [2.45, 2.75) is 31.6 Å². The lowest BCUT2D eigenvalue weighted by molar-refractivity contribution is -0.117. The third kappa shape index (κ3) is 5.33. The molecular weight excluding hydrogens is 486 g/mol. The minimum atomic E-state index is -4.06. The summed E-state index contributed by atoms with van der Waals surface area (Å²) >= 11 is 5.94. The first kappa shape index (κ1) is 24.8. The quantitative estimate of drug-likeness (QED) is 0.488. The third-order valence-corrected chi connectivity index (χ3v) is 7.96. The summed E-state index contributed by atoms with van der Waals surface area (Å²) in [7, 11) is -4.06. The molecule has 0 aromatic heterocycles. The second kappa shape index (κ2) is 10.1. The molecule has 1 aliphatic rings. The largest absolute Gasteiger partial charge is 0.324 e. The summed E-state index contributed by atoms with van der Waals surface area (Å²) < 4.78 is 28.2. The van der Waals surface area contributed by atoms with Gasteiger partial charge in [0, 0.05) is 29.4 Å². The number of nitrogens with zero attached hydrogens (tertiary/aromatic N) is 2. The summed E-state index contributed by atoms with van der Waals surface area (Å²) in [6.07, 6.45) is 1.30. The van der Waals surface area contributed by atoms with Crippen LogP contribution in [0.5, 0.6) is 0 Å². The lowest BCUT2D eigenvalue weighted by atomic mass is 10.1. The maximum atomic E-state index is 13.6. The van der Waals surface area contributed by atoms with Crippen molar-refractivity contribution in [3.05, 3.63) is 82.9 Å². The monoisotopic (exact) mass is 511 g/mol. The Morgan fingerprint density at radius 1 is 1.03 bits per heavy atom. The van der Waals surface area contributed by atoms with E-state index in [1.807, 2.05) is 13.0 Å². The van der Waals surface area contributed by atoms with E-state index < -0.39 is 22.5 Å². The summed E-state index contributed by atoms with van der Waals surface area (Å²) in [5.41, 5.74) is 3.27. The molecule has 182 valence electrons. The Balaban J connectivity index is 1.63. The molecule has 0 saturated carbocycles. The zero-order chi connectivity index (χ0) is 25.2. The second-order valence-electron chi connectivity index (χ2n) is 8.45. The van der Waals surface area contributed by atoms with E-state index in [4.69, 9.17) is 11.6 Å². The predicted molar refractivity (Wildman–Crippen MR) is 139 cm³/mol. The van der Waals surface area contributed by atoms with Gasteiger partial charge in [-0.25, -0.2) is 8.42 Å². The van der Waals surface area contributed by atoms with Crippen LogP contribution in [0.4, 0.5) is 17.1 Å². The molecule has 0 unspecified atom stereocenters. The number of para-hydroxylation sites is 1. The Labute approximate surface area is 210 Å². The van der Waals surface area contributed by atoms with Crippen LogP contribution in [0.15, 0.2) is 71.6 Å². The summed E-state index contributed by atoms with van der Waals surface area (Å²) in [4.78, 5) is 27.1. The Morgan fingerprint density at radius 3 is 2.40 bits per heavy atom. The van der Waals surface area contributed by atoms with Crippen molar-refractivity contribution in [2.75, 3.05) is 27.6 Å². The molecule has 1 fully saturated rings. The highest BCUT2D eigenvalue weighted by Gasteiger charge is 2.29. The van der Waals surface area contributed by atoms with Crippen molar-refractivity contribution in [1.82, 2.24) is 0 Å². The molecule has 7 nitrogen and oxygen atoms in total. The van der Waals surface area contributed by atoms with Crippen molar-refractivity contribution in [1.29, 1.82) is 0 Å². The summed E-state index contributed by atoms with van der Waals surface area (Å²) in [6.45, 7) is 3.90. The average molecular weight is 512 g/mol. The van der Waals surface area contributed by atoms with Crippen molar-refractivity contribution >= 4 is 50.5 Å². The molecule has 0 spiro atoms. The smallest absolute Gasteiger partial charge is 0.264 e. The average Bonchev–Trinajstić information content (AvgIpc) is 3.25. The molecule has 1 saturated heterocycles. The van der Waals surface area contributed by atoms with E-state index in [9.17, 15) is 18.0 Å². The number of carbonyl (C=O) groups excluding carboxylic acids is 2. The van der Waals surface area contributed by atoms with Gasteiger partial charge in [-0.05, 0) is 73.9 Å². The van der Waals surface area contributed by atoms with E-state index in [1.165, 1.54) is 24.3 Å². The minimum absolute atomic E-state index is 0.0307. The fraction of sp³-hybridized carbons (Fsp3) is 0.231. The normalized spacial score (nSPS) is 13.7. The van der Waals surface area contributed by atoms with Crippen molar-refractivity contribution in [2.24, 2.45) is 0 Å².